The van der Waals surface area contributed by atoms with Crippen molar-refractivity contribution in [2.24, 2.45) is 11.8 Å². The Labute approximate surface area is 111 Å². The number of carbonyl (C=O) groups is 3. The van der Waals surface area contributed by atoms with Crippen molar-refractivity contribution in [3.63, 3.8) is 0 Å². The highest BCUT2D eigenvalue weighted by molar-refractivity contribution is 5.89. The number of carboxylic acid groups (broad SMARTS) is 1. The fourth-order valence-electron chi connectivity index (χ4n) is 2.59. The van der Waals surface area contributed by atoms with Crippen LogP contribution in [-0.4, -0.2) is 35.5 Å². The van der Waals surface area contributed by atoms with Gasteiger partial charge in [-0.2, -0.15) is 0 Å². The van der Waals surface area contributed by atoms with Gasteiger partial charge in [-0.1, -0.05) is 12.8 Å². The van der Waals surface area contributed by atoms with Gasteiger partial charge in [0.15, 0.2) is 0 Å². The Morgan fingerprint density at radius 2 is 1.53 bits per heavy atom. The first-order chi connectivity index (χ1) is 9.08. The van der Waals surface area contributed by atoms with Crippen LogP contribution in [0.3, 0.4) is 0 Å². The monoisotopic (exact) mass is 268 g/mol. The first kappa shape index (κ1) is 13.8. The number of aliphatic carboxylic acids is 1. The number of amides is 2. The molecule has 2 atom stereocenters. The van der Waals surface area contributed by atoms with Crippen LogP contribution in [0.2, 0.25) is 0 Å². The van der Waals surface area contributed by atoms with Crippen molar-refractivity contribution in [2.45, 2.75) is 44.6 Å². The maximum atomic E-state index is 12.1. The molecule has 2 amide bonds. The lowest BCUT2D eigenvalue weighted by Gasteiger charge is -2.29. The van der Waals surface area contributed by atoms with Crippen LogP contribution in [0.15, 0.2) is 0 Å². The largest absolute Gasteiger partial charge is 0.480 e. The van der Waals surface area contributed by atoms with E-state index in [0.29, 0.717) is 12.8 Å². The summed E-state index contributed by atoms with van der Waals surface area (Å²) in [6.07, 6.45) is 5.28. The van der Waals surface area contributed by atoms with Crippen LogP contribution in [0.25, 0.3) is 0 Å². The molecule has 2 fully saturated rings. The molecule has 19 heavy (non-hydrogen) atoms. The zero-order valence-corrected chi connectivity index (χ0v) is 10.9. The Kier molecular flexibility index (Phi) is 4.39. The molecule has 2 aliphatic carbocycles. The SMILES string of the molecule is O=C(O)CNC(=O)C1CCCCC1C(=O)NC1CC1. The molecule has 6 heteroatoms. The minimum absolute atomic E-state index is 0.0438. The Hall–Kier alpha value is -1.59. The normalized spacial score (nSPS) is 26.5. The number of nitrogens with one attached hydrogen (secondary N) is 2. The van der Waals surface area contributed by atoms with E-state index in [1.54, 1.807) is 0 Å². The molecule has 0 bridgehead atoms. The van der Waals surface area contributed by atoms with Crippen LogP contribution in [0.4, 0.5) is 0 Å². The summed E-state index contributed by atoms with van der Waals surface area (Å²) in [6.45, 7) is -0.383. The second-order valence-electron chi connectivity index (χ2n) is 5.39. The minimum atomic E-state index is -1.07. The maximum absolute atomic E-state index is 12.1. The van der Waals surface area contributed by atoms with Gasteiger partial charge in [0.1, 0.15) is 6.54 Å². The standard InChI is InChI=1S/C13H20N2O4/c16-11(17)7-14-12(18)9-3-1-2-4-10(9)13(19)15-8-5-6-8/h8-10H,1-7H2,(H,14,18)(H,15,19)(H,16,17). The molecule has 0 spiro atoms. The van der Waals surface area contributed by atoms with Crippen molar-refractivity contribution in [1.29, 1.82) is 0 Å². The molecule has 0 aromatic carbocycles. The fourth-order valence-corrected chi connectivity index (χ4v) is 2.59. The van der Waals surface area contributed by atoms with Crippen LogP contribution in [0.1, 0.15) is 38.5 Å². The smallest absolute Gasteiger partial charge is 0.322 e. The second kappa shape index (κ2) is 6.04. The molecular weight excluding hydrogens is 248 g/mol. The van der Waals surface area contributed by atoms with Crippen molar-refractivity contribution >= 4 is 17.8 Å². The zero-order chi connectivity index (χ0) is 13.8. The maximum Gasteiger partial charge on any atom is 0.322 e. The average Bonchev–Trinajstić information content (AvgIpc) is 3.19. The highest BCUT2D eigenvalue weighted by Crippen LogP contribution is 2.31. The molecule has 106 valence electrons. The molecule has 0 radical (unpaired) electrons. The van der Waals surface area contributed by atoms with E-state index in [2.05, 4.69) is 10.6 Å². The summed E-state index contributed by atoms with van der Waals surface area (Å²) in [6, 6.07) is 0.289. The number of hydrogen-bond donors (Lipinski definition) is 3. The molecule has 2 aliphatic rings. The number of carbonyl (C=O) groups excluding carboxylic acids is 2. The van der Waals surface area contributed by atoms with Gasteiger partial charge in [-0.25, -0.2) is 0 Å². The van der Waals surface area contributed by atoms with Crippen LogP contribution >= 0.6 is 0 Å². The third-order valence-electron chi connectivity index (χ3n) is 3.78. The number of carboxylic acids is 1. The summed E-state index contributed by atoms with van der Waals surface area (Å²) in [4.78, 5) is 34.5. The molecule has 0 aromatic rings. The van der Waals surface area contributed by atoms with Gasteiger partial charge in [-0.15, -0.1) is 0 Å². The topological polar surface area (TPSA) is 95.5 Å². The highest BCUT2D eigenvalue weighted by atomic mass is 16.4. The average molecular weight is 268 g/mol. The second-order valence-corrected chi connectivity index (χ2v) is 5.39. The van der Waals surface area contributed by atoms with Crippen molar-refractivity contribution in [2.75, 3.05) is 6.54 Å². The van der Waals surface area contributed by atoms with Gasteiger partial charge in [-0.05, 0) is 25.7 Å². The lowest BCUT2D eigenvalue weighted by atomic mass is 9.78. The Balaban J connectivity index is 1.91. The summed E-state index contributed by atoms with van der Waals surface area (Å²) in [5, 5.41) is 13.9. The van der Waals surface area contributed by atoms with Crippen LogP contribution in [0, 0.1) is 11.8 Å². The molecule has 0 heterocycles. The quantitative estimate of drug-likeness (QED) is 0.667. The van der Waals surface area contributed by atoms with Gasteiger partial charge in [0, 0.05) is 17.9 Å². The van der Waals surface area contributed by atoms with Crippen LogP contribution in [0.5, 0.6) is 0 Å². The number of rotatable bonds is 5. The van der Waals surface area contributed by atoms with Gasteiger partial charge in [0.25, 0.3) is 0 Å². The lowest BCUT2D eigenvalue weighted by molar-refractivity contribution is -0.140. The predicted octanol–water partition coefficient (Wildman–Crippen LogP) is 0.272. The molecule has 3 N–H and O–H groups in total. The molecule has 0 aliphatic heterocycles. The van der Waals surface area contributed by atoms with Gasteiger partial charge in [0.05, 0.1) is 0 Å². The minimum Gasteiger partial charge on any atom is -0.480 e. The third-order valence-corrected chi connectivity index (χ3v) is 3.78. The Morgan fingerprint density at radius 1 is 0.947 bits per heavy atom. The fraction of sp³-hybridized carbons (Fsp3) is 0.769. The predicted molar refractivity (Wildman–Crippen MR) is 67.3 cm³/mol. The van der Waals surface area contributed by atoms with Gasteiger partial charge in [-0.3, -0.25) is 14.4 Å². The summed E-state index contributed by atoms with van der Waals surface area (Å²) >= 11 is 0. The molecule has 2 saturated carbocycles. The van der Waals surface area contributed by atoms with E-state index in [9.17, 15) is 14.4 Å². The Morgan fingerprint density at radius 3 is 2.05 bits per heavy atom. The van der Waals surface area contributed by atoms with E-state index in [0.717, 1.165) is 25.7 Å². The van der Waals surface area contributed by atoms with E-state index in [1.807, 2.05) is 0 Å². The molecule has 2 rings (SSSR count). The van der Waals surface area contributed by atoms with Crippen molar-refractivity contribution < 1.29 is 19.5 Å². The van der Waals surface area contributed by atoms with Crippen molar-refractivity contribution in [3.05, 3.63) is 0 Å². The molecule has 6 nitrogen and oxygen atoms in total. The molecular formula is C13H20N2O4. The van der Waals surface area contributed by atoms with E-state index < -0.39 is 5.97 Å². The van der Waals surface area contributed by atoms with E-state index >= 15 is 0 Å². The summed E-state index contributed by atoms with van der Waals surface area (Å²) in [5.74, 6) is -2.10. The van der Waals surface area contributed by atoms with E-state index in [4.69, 9.17) is 5.11 Å². The van der Waals surface area contributed by atoms with Gasteiger partial charge < -0.3 is 15.7 Å². The Bertz CT molecular complexity index is 379. The molecule has 0 aromatic heterocycles. The van der Waals surface area contributed by atoms with Crippen LogP contribution in [-0.2, 0) is 14.4 Å². The summed E-state index contributed by atoms with van der Waals surface area (Å²) in [7, 11) is 0. The van der Waals surface area contributed by atoms with Crippen molar-refractivity contribution in [1.82, 2.24) is 10.6 Å². The van der Waals surface area contributed by atoms with Crippen molar-refractivity contribution in [3.8, 4) is 0 Å². The van der Waals surface area contributed by atoms with Gasteiger partial charge in [0.2, 0.25) is 11.8 Å². The van der Waals surface area contributed by atoms with Gasteiger partial charge >= 0.3 is 5.97 Å². The summed E-state index contributed by atoms with van der Waals surface area (Å²) in [5.41, 5.74) is 0. The van der Waals surface area contributed by atoms with E-state index in [1.165, 1.54) is 0 Å². The number of hydrogen-bond acceptors (Lipinski definition) is 3. The summed E-state index contributed by atoms with van der Waals surface area (Å²) < 4.78 is 0. The first-order valence-electron chi connectivity index (χ1n) is 6.88. The highest BCUT2D eigenvalue weighted by Gasteiger charge is 2.37. The lowest BCUT2D eigenvalue weighted by Crippen LogP contribution is -2.45. The molecule has 2 unspecified atom stereocenters. The zero-order valence-electron chi connectivity index (χ0n) is 10.9. The third kappa shape index (κ3) is 3.94. The first-order valence-corrected chi connectivity index (χ1v) is 6.88. The van der Waals surface area contributed by atoms with E-state index in [-0.39, 0.29) is 36.2 Å². The van der Waals surface area contributed by atoms with Crippen LogP contribution < -0.4 is 10.6 Å². The molecule has 0 saturated heterocycles.